The third-order valence-electron chi connectivity index (χ3n) is 10.0. The van der Waals surface area contributed by atoms with Gasteiger partial charge in [-0.25, -0.2) is 0 Å². The van der Waals surface area contributed by atoms with Gasteiger partial charge in [0.15, 0.2) is 0 Å². The Morgan fingerprint density at radius 1 is 0.320 bits per heavy atom. The zero-order valence-electron chi connectivity index (χ0n) is 27.2. The standard InChI is InChI=1S/C48H31NO/c1-4-15-31(16-5-1)34-29-42-38-23-12-13-26-44(38)49-46(42)43(30-34)40-28-27-39(37-22-11-10-21-35(37)32-17-6-2-7-18-32)45-41-25-14-24-36(47(41)50-48(40)45)33-19-8-3-9-20-33/h1-30,49H. The number of fused-ring (bicyclic) bond motifs is 6. The largest absolute Gasteiger partial charge is 0.455 e. The maximum Gasteiger partial charge on any atom is 0.143 e. The maximum atomic E-state index is 7.19. The van der Waals surface area contributed by atoms with E-state index in [4.69, 9.17) is 4.42 Å². The Hall–Kier alpha value is -6.64. The van der Waals surface area contributed by atoms with Gasteiger partial charge in [0.25, 0.3) is 0 Å². The van der Waals surface area contributed by atoms with E-state index in [0.29, 0.717) is 0 Å². The molecule has 0 spiro atoms. The maximum absolute atomic E-state index is 7.19. The number of aromatic nitrogens is 1. The van der Waals surface area contributed by atoms with Gasteiger partial charge in [-0.05, 0) is 63.2 Å². The second-order valence-electron chi connectivity index (χ2n) is 12.9. The molecule has 8 aromatic carbocycles. The summed E-state index contributed by atoms with van der Waals surface area (Å²) >= 11 is 0. The molecule has 0 bridgehead atoms. The highest BCUT2D eigenvalue weighted by atomic mass is 16.3. The normalized spacial score (nSPS) is 11.6. The number of hydrogen-bond donors (Lipinski definition) is 1. The minimum absolute atomic E-state index is 0.883. The van der Waals surface area contributed by atoms with E-state index < -0.39 is 0 Å². The Labute approximate surface area is 289 Å². The van der Waals surface area contributed by atoms with Crippen LogP contribution >= 0.6 is 0 Å². The van der Waals surface area contributed by atoms with E-state index >= 15 is 0 Å². The first-order chi connectivity index (χ1) is 24.8. The van der Waals surface area contributed by atoms with E-state index in [1.807, 2.05) is 0 Å². The van der Waals surface area contributed by atoms with E-state index in [9.17, 15) is 0 Å². The van der Waals surface area contributed by atoms with Crippen LogP contribution in [-0.4, -0.2) is 4.98 Å². The van der Waals surface area contributed by atoms with Crippen molar-refractivity contribution >= 4 is 43.7 Å². The molecule has 0 aliphatic heterocycles. The van der Waals surface area contributed by atoms with Gasteiger partial charge in [0, 0.05) is 43.8 Å². The van der Waals surface area contributed by atoms with Crippen LogP contribution in [0.2, 0.25) is 0 Å². The van der Waals surface area contributed by atoms with E-state index in [1.54, 1.807) is 0 Å². The Balaban J connectivity index is 1.34. The first kappa shape index (κ1) is 28.4. The molecule has 0 amide bonds. The molecule has 1 N–H and O–H groups in total. The lowest BCUT2D eigenvalue weighted by Crippen LogP contribution is -1.89. The summed E-state index contributed by atoms with van der Waals surface area (Å²) in [5, 5.41) is 4.63. The molecule has 0 saturated heterocycles. The fourth-order valence-electron chi connectivity index (χ4n) is 7.73. The second kappa shape index (κ2) is 11.5. The van der Waals surface area contributed by atoms with E-state index in [1.165, 1.54) is 38.6 Å². The van der Waals surface area contributed by atoms with Gasteiger partial charge in [0.05, 0.1) is 5.52 Å². The van der Waals surface area contributed by atoms with Crippen LogP contribution in [0.1, 0.15) is 0 Å². The molecule has 0 aliphatic rings. The molecule has 10 aromatic rings. The molecule has 50 heavy (non-hydrogen) atoms. The van der Waals surface area contributed by atoms with Crippen LogP contribution < -0.4 is 0 Å². The number of hydrogen-bond acceptors (Lipinski definition) is 1. The number of furan rings is 1. The van der Waals surface area contributed by atoms with Crippen molar-refractivity contribution in [3.8, 4) is 55.6 Å². The Kier molecular flexibility index (Phi) is 6.53. The van der Waals surface area contributed by atoms with E-state index in [2.05, 4.69) is 187 Å². The van der Waals surface area contributed by atoms with Crippen molar-refractivity contribution in [2.75, 3.05) is 0 Å². The van der Waals surface area contributed by atoms with Crippen LogP contribution in [0.25, 0.3) is 99.4 Å². The summed E-state index contributed by atoms with van der Waals surface area (Å²) in [5.41, 5.74) is 15.5. The fourth-order valence-corrected chi connectivity index (χ4v) is 7.73. The molecular weight excluding hydrogens is 607 g/mol. The van der Waals surface area contributed by atoms with Gasteiger partial charge in [-0.1, -0.05) is 158 Å². The highest BCUT2D eigenvalue weighted by Gasteiger charge is 2.23. The molecule has 2 heterocycles. The second-order valence-corrected chi connectivity index (χ2v) is 12.9. The Morgan fingerprint density at radius 3 is 1.66 bits per heavy atom. The van der Waals surface area contributed by atoms with E-state index in [0.717, 1.165) is 60.8 Å². The average Bonchev–Trinajstić information content (AvgIpc) is 3.78. The molecular formula is C48H31NO. The Morgan fingerprint density at radius 2 is 0.900 bits per heavy atom. The monoisotopic (exact) mass is 637 g/mol. The number of rotatable bonds is 5. The van der Waals surface area contributed by atoms with Crippen molar-refractivity contribution in [1.29, 1.82) is 0 Å². The lowest BCUT2D eigenvalue weighted by molar-refractivity contribution is 0.671. The molecule has 234 valence electrons. The summed E-state index contributed by atoms with van der Waals surface area (Å²) in [5.74, 6) is 0. The van der Waals surface area contributed by atoms with Gasteiger partial charge < -0.3 is 9.40 Å². The first-order valence-corrected chi connectivity index (χ1v) is 17.1. The van der Waals surface area contributed by atoms with E-state index in [-0.39, 0.29) is 0 Å². The highest BCUT2D eigenvalue weighted by Crippen LogP contribution is 2.48. The lowest BCUT2D eigenvalue weighted by atomic mass is 9.88. The molecule has 0 atom stereocenters. The molecule has 2 heteroatoms. The third kappa shape index (κ3) is 4.50. The number of para-hydroxylation sites is 2. The minimum atomic E-state index is 0.883. The summed E-state index contributed by atoms with van der Waals surface area (Å²) in [6.45, 7) is 0. The van der Waals surface area contributed by atoms with Crippen molar-refractivity contribution in [3.63, 3.8) is 0 Å². The zero-order chi connectivity index (χ0) is 33.0. The summed E-state index contributed by atoms with van der Waals surface area (Å²) in [4.78, 5) is 3.79. The predicted octanol–water partition coefficient (Wildman–Crippen LogP) is 13.6. The van der Waals surface area contributed by atoms with Gasteiger partial charge in [-0.15, -0.1) is 0 Å². The summed E-state index contributed by atoms with van der Waals surface area (Å²) in [7, 11) is 0. The molecule has 0 unspecified atom stereocenters. The van der Waals surface area contributed by atoms with Crippen LogP contribution in [0.3, 0.4) is 0 Å². The SMILES string of the molecule is c1ccc(-c2cc(-c3ccc(-c4ccccc4-c4ccccc4)c4c3oc3c(-c5ccccc5)cccc34)c3[nH]c4ccccc4c3c2)cc1. The molecule has 2 nitrogen and oxygen atoms in total. The molecule has 0 fully saturated rings. The number of nitrogens with one attached hydrogen (secondary N) is 1. The zero-order valence-corrected chi connectivity index (χ0v) is 27.2. The van der Waals surface area contributed by atoms with Crippen LogP contribution in [0.5, 0.6) is 0 Å². The number of aromatic amines is 1. The summed E-state index contributed by atoms with van der Waals surface area (Å²) in [6, 6.07) is 64.9. The van der Waals surface area contributed by atoms with Gasteiger partial charge in [0.2, 0.25) is 0 Å². The third-order valence-corrected chi connectivity index (χ3v) is 10.0. The lowest BCUT2D eigenvalue weighted by Gasteiger charge is -2.14. The van der Waals surface area contributed by atoms with Crippen molar-refractivity contribution in [3.05, 3.63) is 182 Å². The molecule has 10 rings (SSSR count). The number of H-pyrrole nitrogens is 1. The predicted molar refractivity (Wildman–Crippen MR) is 210 cm³/mol. The van der Waals surface area contributed by atoms with Crippen molar-refractivity contribution in [2.24, 2.45) is 0 Å². The average molecular weight is 638 g/mol. The first-order valence-electron chi connectivity index (χ1n) is 17.1. The highest BCUT2D eigenvalue weighted by molar-refractivity contribution is 6.22. The van der Waals surface area contributed by atoms with Gasteiger partial charge in [-0.2, -0.15) is 0 Å². The van der Waals surface area contributed by atoms with Crippen molar-refractivity contribution < 1.29 is 4.42 Å². The quantitative estimate of drug-likeness (QED) is 0.200. The summed E-state index contributed by atoms with van der Waals surface area (Å²) in [6.07, 6.45) is 0. The number of benzene rings is 8. The van der Waals surface area contributed by atoms with Gasteiger partial charge in [0.1, 0.15) is 11.2 Å². The Bertz CT molecular complexity index is 2840. The van der Waals surface area contributed by atoms with Crippen LogP contribution in [0, 0.1) is 0 Å². The van der Waals surface area contributed by atoms with Crippen molar-refractivity contribution in [2.45, 2.75) is 0 Å². The van der Waals surface area contributed by atoms with Crippen LogP contribution in [0.15, 0.2) is 186 Å². The topological polar surface area (TPSA) is 28.9 Å². The van der Waals surface area contributed by atoms with Crippen LogP contribution in [-0.2, 0) is 0 Å². The molecule has 2 aromatic heterocycles. The minimum Gasteiger partial charge on any atom is -0.455 e. The van der Waals surface area contributed by atoms with Crippen LogP contribution in [0.4, 0.5) is 0 Å². The smallest absolute Gasteiger partial charge is 0.143 e. The fraction of sp³-hybridized carbons (Fsp3) is 0. The van der Waals surface area contributed by atoms with Gasteiger partial charge >= 0.3 is 0 Å². The molecule has 0 radical (unpaired) electrons. The molecule has 0 saturated carbocycles. The van der Waals surface area contributed by atoms with Crippen molar-refractivity contribution in [1.82, 2.24) is 4.98 Å². The molecule has 0 aliphatic carbocycles. The van der Waals surface area contributed by atoms with Gasteiger partial charge in [-0.3, -0.25) is 0 Å². The summed E-state index contributed by atoms with van der Waals surface area (Å²) < 4.78 is 7.19.